The monoisotopic (exact) mass is 276 g/mol. The highest BCUT2D eigenvalue weighted by atomic mass is 16.5. The molecular formula is C13H16N4O3. The fraction of sp³-hybridized carbons (Fsp3) is 0.538. The zero-order chi connectivity index (χ0) is 14.4. The van der Waals surface area contributed by atoms with Crippen molar-refractivity contribution in [2.24, 2.45) is 0 Å². The number of likely N-dealkylation sites (tertiary alicyclic amines) is 1. The highest BCUT2D eigenvalue weighted by Gasteiger charge is 2.28. The molecule has 0 aliphatic carbocycles. The smallest absolute Gasteiger partial charge is 0.251 e. The normalized spacial score (nSPS) is 17.8. The van der Waals surface area contributed by atoms with Gasteiger partial charge in [0.15, 0.2) is 0 Å². The molecule has 0 saturated carbocycles. The van der Waals surface area contributed by atoms with Crippen LogP contribution in [0.2, 0.25) is 0 Å². The molecule has 0 radical (unpaired) electrons. The number of ether oxygens (including phenoxy) is 2. The number of hydrogen-bond acceptors (Lipinski definition) is 6. The Morgan fingerprint density at radius 1 is 1.55 bits per heavy atom. The maximum atomic E-state index is 11.8. The van der Waals surface area contributed by atoms with Crippen molar-refractivity contribution >= 4 is 5.91 Å². The Balaban J connectivity index is 1.90. The molecule has 1 amide bonds. The number of carbonyl (C=O) groups is 1. The number of aromatic nitrogens is 2. The summed E-state index contributed by atoms with van der Waals surface area (Å²) in [5, 5.41) is 8.92. The van der Waals surface area contributed by atoms with Gasteiger partial charge in [-0.2, -0.15) is 5.26 Å². The first-order valence-electron chi connectivity index (χ1n) is 6.48. The van der Waals surface area contributed by atoms with Gasteiger partial charge in [0.2, 0.25) is 11.6 Å². The first-order valence-corrected chi connectivity index (χ1v) is 6.48. The summed E-state index contributed by atoms with van der Waals surface area (Å²) >= 11 is 0. The van der Waals surface area contributed by atoms with Gasteiger partial charge in [-0.25, -0.2) is 9.97 Å². The van der Waals surface area contributed by atoms with Crippen molar-refractivity contribution in [1.29, 1.82) is 5.26 Å². The predicted molar refractivity (Wildman–Crippen MR) is 68.9 cm³/mol. The fourth-order valence-corrected chi connectivity index (χ4v) is 1.98. The Hall–Kier alpha value is -2.20. The second-order valence-corrected chi connectivity index (χ2v) is 4.33. The second kappa shape index (κ2) is 6.82. The van der Waals surface area contributed by atoms with Crippen molar-refractivity contribution in [2.75, 3.05) is 26.3 Å². The van der Waals surface area contributed by atoms with E-state index in [-0.39, 0.29) is 30.2 Å². The molecule has 7 heteroatoms. The van der Waals surface area contributed by atoms with Crippen LogP contribution in [0.15, 0.2) is 12.4 Å². The van der Waals surface area contributed by atoms with E-state index in [2.05, 4.69) is 9.97 Å². The highest BCUT2D eigenvalue weighted by molar-refractivity contribution is 5.77. The van der Waals surface area contributed by atoms with Crippen molar-refractivity contribution in [2.45, 2.75) is 19.4 Å². The van der Waals surface area contributed by atoms with Gasteiger partial charge in [0.05, 0.1) is 6.54 Å². The molecule has 0 aromatic carbocycles. The van der Waals surface area contributed by atoms with E-state index in [0.29, 0.717) is 26.1 Å². The molecule has 2 rings (SSSR count). The molecular weight excluding hydrogens is 260 g/mol. The summed E-state index contributed by atoms with van der Waals surface area (Å²) in [7, 11) is 0. The van der Waals surface area contributed by atoms with Crippen molar-refractivity contribution < 1.29 is 14.3 Å². The van der Waals surface area contributed by atoms with Crippen LogP contribution in [0.1, 0.15) is 19.0 Å². The van der Waals surface area contributed by atoms with Gasteiger partial charge in [-0.15, -0.1) is 0 Å². The molecule has 0 N–H and O–H groups in total. The average Bonchev–Trinajstić information content (AvgIpc) is 2.94. The summed E-state index contributed by atoms with van der Waals surface area (Å²) in [5.41, 5.74) is 0.159. The SMILES string of the molecule is CCOCC(=O)N1CC[C@@H](Oc2nccnc2C#N)C1. The summed E-state index contributed by atoms with van der Waals surface area (Å²) in [5.74, 6) is 0.178. The van der Waals surface area contributed by atoms with E-state index in [1.54, 1.807) is 4.90 Å². The molecule has 7 nitrogen and oxygen atoms in total. The predicted octanol–water partition coefficient (Wildman–Crippen LogP) is 0.364. The lowest BCUT2D eigenvalue weighted by Crippen LogP contribution is -2.33. The minimum absolute atomic E-state index is 0.0439. The van der Waals surface area contributed by atoms with E-state index in [0.717, 1.165) is 0 Å². The van der Waals surface area contributed by atoms with Gasteiger partial charge in [0.25, 0.3) is 5.88 Å². The fourth-order valence-electron chi connectivity index (χ4n) is 1.98. The van der Waals surface area contributed by atoms with Crippen molar-refractivity contribution in [1.82, 2.24) is 14.9 Å². The Bertz CT molecular complexity index is 515. The van der Waals surface area contributed by atoms with E-state index in [4.69, 9.17) is 14.7 Å². The number of hydrogen-bond donors (Lipinski definition) is 0. The Morgan fingerprint density at radius 3 is 3.10 bits per heavy atom. The zero-order valence-electron chi connectivity index (χ0n) is 11.3. The molecule has 2 heterocycles. The van der Waals surface area contributed by atoms with Crippen LogP contribution in [-0.4, -0.2) is 53.2 Å². The van der Waals surface area contributed by atoms with E-state index in [9.17, 15) is 4.79 Å². The third-order valence-electron chi connectivity index (χ3n) is 2.98. The summed E-state index contributed by atoms with van der Waals surface area (Å²) in [6, 6.07) is 1.93. The van der Waals surface area contributed by atoms with Gasteiger partial charge < -0.3 is 14.4 Å². The Morgan fingerprint density at radius 2 is 2.35 bits per heavy atom. The zero-order valence-corrected chi connectivity index (χ0v) is 11.3. The van der Waals surface area contributed by atoms with Crippen molar-refractivity contribution in [3.05, 3.63) is 18.1 Å². The molecule has 1 saturated heterocycles. The molecule has 0 spiro atoms. The van der Waals surface area contributed by atoms with Gasteiger partial charge >= 0.3 is 0 Å². The number of amides is 1. The number of nitriles is 1. The number of carbonyl (C=O) groups excluding carboxylic acids is 1. The lowest BCUT2D eigenvalue weighted by Gasteiger charge is -2.16. The molecule has 106 valence electrons. The van der Waals surface area contributed by atoms with E-state index in [1.165, 1.54) is 12.4 Å². The molecule has 1 aromatic heterocycles. The van der Waals surface area contributed by atoms with Gasteiger partial charge in [-0.1, -0.05) is 0 Å². The van der Waals surface area contributed by atoms with Crippen LogP contribution in [0.4, 0.5) is 0 Å². The van der Waals surface area contributed by atoms with E-state index in [1.807, 2.05) is 13.0 Å². The standard InChI is InChI=1S/C13H16N4O3/c1-2-19-9-12(18)17-6-3-10(8-17)20-13-11(7-14)15-4-5-16-13/h4-5,10H,2-3,6,8-9H2,1H3/t10-/m1/s1. The van der Waals surface area contributed by atoms with E-state index < -0.39 is 0 Å². The van der Waals surface area contributed by atoms with E-state index >= 15 is 0 Å². The van der Waals surface area contributed by atoms with Crippen LogP contribution in [-0.2, 0) is 9.53 Å². The van der Waals surface area contributed by atoms with Crippen LogP contribution < -0.4 is 4.74 Å². The topological polar surface area (TPSA) is 88.3 Å². The molecule has 1 aliphatic heterocycles. The van der Waals surface area contributed by atoms with Crippen LogP contribution in [0, 0.1) is 11.3 Å². The van der Waals surface area contributed by atoms with Gasteiger partial charge in [0.1, 0.15) is 18.8 Å². The van der Waals surface area contributed by atoms with Crippen molar-refractivity contribution in [3.8, 4) is 11.9 Å². The average molecular weight is 276 g/mol. The Kier molecular flexibility index (Phi) is 4.85. The van der Waals surface area contributed by atoms with Gasteiger partial charge in [0, 0.05) is 32.0 Å². The molecule has 0 bridgehead atoms. The summed E-state index contributed by atoms with van der Waals surface area (Å²) in [6.45, 7) is 3.56. The minimum Gasteiger partial charge on any atom is -0.470 e. The van der Waals surface area contributed by atoms with Gasteiger partial charge in [-0.05, 0) is 6.92 Å². The third kappa shape index (κ3) is 3.42. The Labute approximate surface area is 117 Å². The van der Waals surface area contributed by atoms with Crippen LogP contribution in [0.3, 0.4) is 0 Å². The lowest BCUT2D eigenvalue weighted by atomic mass is 10.3. The summed E-state index contributed by atoms with van der Waals surface area (Å²) < 4.78 is 10.8. The van der Waals surface area contributed by atoms with Crippen LogP contribution in [0.25, 0.3) is 0 Å². The maximum absolute atomic E-state index is 11.8. The largest absolute Gasteiger partial charge is 0.470 e. The molecule has 1 aliphatic rings. The third-order valence-corrected chi connectivity index (χ3v) is 2.98. The molecule has 20 heavy (non-hydrogen) atoms. The van der Waals surface area contributed by atoms with Crippen molar-refractivity contribution in [3.63, 3.8) is 0 Å². The van der Waals surface area contributed by atoms with Gasteiger partial charge in [-0.3, -0.25) is 4.79 Å². The van der Waals surface area contributed by atoms with Crippen LogP contribution >= 0.6 is 0 Å². The molecule has 1 atom stereocenters. The molecule has 0 unspecified atom stereocenters. The number of rotatable bonds is 5. The maximum Gasteiger partial charge on any atom is 0.251 e. The lowest BCUT2D eigenvalue weighted by molar-refractivity contribution is -0.135. The second-order valence-electron chi connectivity index (χ2n) is 4.33. The minimum atomic E-state index is -0.163. The number of nitrogens with zero attached hydrogens (tertiary/aromatic N) is 4. The highest BCUT2D eigenvalue weighted by Crippen LogP contribution is 2.18. The first kappa shape index (κ1) is 14.2. The molecule has 1 aromatic rings. The molecule has 1 fully saturated rings. The first-order chi connectivity index (χ1) is 9.74. The summed E-state index contributed by atoms with van der Waals surface area (Å²) in [4.78, 5) is 21.4. The summed E-state index contributed by atoms with van der Waals surface area (Å²) in [6.07, 6.45) is 3.46. The quantitative estimate of drug-likeness (QED) is 0.771. The van der Waals surface area contributed by atoms with Crippen LogP contribution in [0.5, 0.6) is 5.88 Å².